The van der Waals surface area contributed by atoms with Crippen molar-refractivity contribution < 1.29 is 19.2 Å². The summed E-state index contributed by atoms with van der Waals surface area (Å²) < 4.78 is 5.14. The van der Waals surface area contributed by atoms with E-state index in [1.165, 1.54) is 25.3 Å². The van der Waals surface area contributed by atoms with Crippen LogP contribution in [0.2, 0.25) is 0 Å². The van der Waals surface area contributed by atoms with Crippen LogP contribution in [0.4, 0.5) is 11.4 Å². The maximum absolute atomic E-state index is 12.6. The number of nitro benzene ring substituents is 1. The fourth-order valence-electron chi connectivity index (χ4n) is 2.79. The van der Waals surface area contributed by atoms with Crippen molar-refractivity contribution in [1.29, 1.82) is 0 Å². The lowest BCUT2D eigenvalue weighted by Crippen LogP contribution is -2.27. The van der Waals surface area contributed by atoms with Gasteiger partial charge in [0.25, 0.3) is 11.6 Å². The number of carbonyl (C=O) groups excluding carboxylic acids is 2. The molecule has 1 unspecified atom stereocenters. The minimum Gasteiger partial charge on any atom is -0.496 e. The van der Waals surface area contributed by atoms with E-state index in [0.717, 1.165) is 18.4 Å². The van der Waals surface area contributed by atoms with Gasteiger partial charge in [0.05, 0.1) is 23.6 Å². The van der Waals surface area contributed by atoms with Crippen LogP contribution in [-0.4, -0.2) is 23.8 Å². The molecule has 2 aromatic rings. The minimum absolute atomic E-state index is 0.0341. The Bertz CT molecular complexity index is 907. The molecule has 2 aromatic carbocycles. The zero-order valence-electron chi connectivity index (χ0n) is 15.6. The van der Waals surface area contributed by atoms with Gasteiger partial charge in [0.1, 0.15) is 5.75 Å². The number of nitrogens with zero attached hydrogens (tertiary/aromatic N) is 1. The lowest BCUT2D eigenvalue weighted by Gasteiger charge is -2.16. The van der Waals surface area contributed by atoms with Crippen LogP contribution in [0.5, 0.6) is 5.75 Å². The Morgan fingerprint density at radius 1 is 1.18 bits per heavy atom. The van der Waals surface area contributed by atoms with Crippen LogP contribution in [0.25, 0.3) is 0 Å². The Morgan fingerprint density at radius 3 is 2.43 bits per heavy atom. The molecule has 8 heteroatoms. The van der Waals surface area contributed by atoms with Crippen molar-refractivity contribution in [3.8, 4) is 5.75 Å². The highest BCUT2D eigenvalue weighted by molar-refractivity contribution is 5.98. The molecule has 0 radical (unpaired) electrons. The Labute approximate surface area is 162 Å². The number of amides is 2. The summed E-state index contributed by atoms with van der Waals surface area (Å²) in [4.78, 5) is 34.8. The van der Waals surface area contributed by atoms with Gasteiger partial charge in [-0.25, -0.2) is 0 Å². The summed E-state index contributed by atoms with van der Waals surface area (Å²) in [6.07, 6.45) is 1.88. The second-order valence-electron chi connectivity index (χ2n) is 6.72. The topological polar surface area (TPSA) is 111 Å². The summed E-state index contributed by atoms with van der Waals surface area (Å²) in [5.74, 6) is -0.0535. The van der Waals surface area contributed by atoms with Crippen LogP contribution < -0.4 is 15.4 Å². The summed E-state index contributed by atoms with van der Waals surface area (Å²) in [7, 11) is 1.40. The number of rotatable bonds is 7. The molecule has 146 valence electrons. The van der Waals surface area contributed by atoms with Crippen molar-refractivity contribution in [3.63, 3.8) is 0 Å². The zero-order valence-corrected chi connectivity index (χ0v) is 15.6. The number of anilines is 1. The highest BCUT2D eigenvalue weighted by atomic mass is 16.6. The first-order chi connectivity index (χ1) is 13.4. The van der Waals surface area contributed by atoms with Gasteiger partial charge in [-0.15, -0.1) is 0 Å². The maximum Gasteiger partial charge on any atom is 0.270 e. The number of nitro groups is 1. The highest BCUT2D eigenvalue weighted by Crippen LogP contribution is 2.30. The van der Waals surface area contributed by atoms with Gasteiger partial charge in [-0.3, -0.25) is 19.7 Å². The number of hydrogen-bond donors (Lipinski definition) is 2. The summed E-state index contributed by atoms with van der Waals surface area (Å²) in [5, 5.41) is 16.7. The molecule has 1 aliphatic carbocycles. The molecular formula is C20H21N3O5. The third-order valence-corrected chi connectivity index (χ3v) is 4.61. The first-order valence-electron chi connectivity index (χ1n) is 8.93. The van der Waals surface area contributed by atoms with Crippen molar-refractivity contribution >= 4 is 23.2 Å². The molecule has 1 atom stereocenters. The van der Waals surface area contributed by atoms with E-state index in [2.05, 4.69) is 10.6 Å². The number of methoxy groups -OCH3 is 1. The Hall–Kier alpha value is -3.42. The third-order valence-electron chi connectivity index (χ3n) is 4.61. The predicted molar refractivity (Wildman–Crippen MR) is 103 cm³/mol. The average Bonchev–Trinajstić information content (AvgIpc) is 3.53. The van der Waals surface area contributed by atoms with Crippen molar-refractivity contribution in [1.82, 2.24) is 5.32 Å². The van der Waals surface area contributed by atoms with Crippen molar-refractivity contribution in [3.05, 3.63) is 63.7 Å². The van der Waals surface area contributed by atoms with Crippen molar-refractivity contribution in [2.24, 2.45) is 5.92 Å². The van der Waals surface area contributed by atoms with E-state index in [0.29, 0.717) is 5.69 Å². The molecule has 8 nitrogen and oxygen atoms in total. The molecule has 28 heavy (non-hydrogen) atoms. The highest BCUT2D eigenvalue weighted by Gasteiger charge is 2.29. The van der Waals surface area contributed by atoms with E-state index in [1.807, 2.05) is 12.1 Å². The van der Waals surface area contributed by atoms with E-state index in [1.54, 1.807) is 19.1 Å². The zero-order chi connectivity index (χ0) is 20.3. The molecule has 0 heterocycles. The summed E-state index contributed by atoms with van der Waals surface area (Å²) in [6, 6.07) is 10.7. The number of benzene rings is 2. The largest absolute Gasteiger partial charge is 0.496 e. The first kappa shape index (κ1) is 19.3. The summed E-state index contributed by atoms with van der Waals surface area (Å²) in [6.45, 7) is 1.81. The number of hydrogen-bond acceptors (Lipinski definition) is 5. The molecule has 3 rings (SSSR count). The molecule has 2 amide bonds. The van der Waals surface area contributed by atoms with E-state index < -0.39 is 10.8 Å². The number of non-ortho nitro benzene ring substituents is 1. The van der Waals surface area contributed by atoms with Crippen LogP contribution in [0, 0.1) is 16.0 Å². The van der Waals surface area contributed by atoms with Gasteiger partial charge in [-0.05, 0) is 43.5 Å². The molecule has 0 aliphatic heterocycles. The molecule has 1 fully saturated rings. The minimum atomic E-state index is -0.561. The Balaban J connectivity index is 1.69. The maximum atomic E-state index is 12.6. The van der Waals surface area contributed by atoms with Crippen LogP contribution in [0.15, 0.2) is 42.5 Å². The quantitative estimate of drug-likeness (QED) is 0.562. The average molecular weight is 383 g/mol. The smallest absolute Gasteiger partial charge is 0.270 e. The SMILES string of the molecule is COc1ccc([N+](=O)[O-])cc1C(=O)NC(C)c1ccc(NC(=O)C2CC2)cc1. The first-order valence-corrected chi connectivity index (χ1v) is 8.93. The molecule has 1 aliphatic rings. The van der Waals surface area contributed by atoms with Crippen LogP contribution >= 0.6 is 0 Å². The lowest BCUT2D eigenvalue weighted by atomic mass is 10.1. The van der Waals surface area contributed by atoms with Crippen LogP contribution in [0.1, 0.15) is 41.7 Å². The Morgan fingerprint density at radius 2 is 1.86 bits per heavy atom. The molecular weight excluding hydrogens is 362 g/mol. The van der Waals surface area contributed by atoms with Gasteiger partial charge >= 0.3 is 0 Å². The van der Waals surface area contributed by atoms with Gasteiger partial charge in [-0.1, -0.05) is 12.1 Å². The van der Waals surface area contributed by atoms with Crippen molar-refractivity contribution in [2.45, 2.75) is 25.8 Å². The van der Waals surface area contributed by atoms with Gasteiger partial charge in [-0.2, -0.15) is 0 Å². The van der Waals surface area contributed by atoms with E-state index in [9.17, 15) is 19.7 Å². The third kappa shape index (κ3) is 4.46. The molecule has 0 bridgehead atoms. The fourth-order valence-corrected chi connectivity index (χ4v) is 2.79. The van der Waals surface area contributed by atoms with Crippen molar-refractivity contribution in [2.75, 3.05) is 12.4 Å². The fraction of sp³-hybridized carbons (Fsp3) is 0.300. The molecule has 0 aromatic heterocycles. The second kappa shape index (κ2) is 8.08. The standard InChI is InChI=1S/C20H21N3O5/c1-12(13-5-7-15(8-6-13)22-19(24)14-3-4-14)21-20(25)17-11-16(23(26)27)9-10-18(17)28-2/h5-12,14H,3-4H2,1-2H3,(H,21,25)(H,22,24). The summed E-state index contributed by atoms with van der Waals surface area (Å²) in [5.41, 5.74) is 1.45. The van der Waals surface area contributed by atoms with Crippen LogP contribution in [0.3, 0.4) is 0 Å². The second-order valence-corrected chi connectivity index (χ2v) is 6.72. The van der Waals surface area contributed by atoms with Gasteiger partial charge < -0.3 is 15.4 Å². The normalized spacial score (nSPS) is 14.1. The predicted octanol–water partition coefficient (Wildman–Crippen LogP) is 3.44. The van der Waals surface area contributed by atoms with E-state index >= 15 is 0 Å². The molecule has 2 N–H and O–H groups in total. The van der Waals surface area contributed by atoms with Gasteiger partial charge in [0.2, 0.25) is 5.91 Å². The van der Waals surface area contributed by atoms with Crippen LogP contribution in [-0.2, 0) is 4.79 Å². The monoisotopic (exact) mass is 383 g/mol. The molecule has 0 spiro atoms. The summed E-state index contributed by atoms with van der Waals surface area (Å²) >= 11 is 0. The molecule has 0 saturated heterocycles. The van der Waals surface area contributed by atoms with Gasteiger partial charge in [0.15, 0.2) is 0 Å². The Kier molecular flexibility index (Phi) is 5.58. The lowest BCUT2D eigenvalue weighted by molar-refractivity contribution is -0.384. The van der Waals surface area contributed by atoms with Gasteiger partial charge in [0, 0.05) is 23.7 Å². The van der Waals surface area contributed by atoms with E-state index in [-0.39, 0.29) is 34.9 Å². The number of carbonyl (C=O) groups is 2. The number of ether oxygens (including phenoxy) is 1. The van der Waals surface area contributed by atoms with E-state index in [4.69, 9.17) is 4.74 Å². The molecule has 1 saturated carbocycles. The number of nitrogens with one attached hydrogen (secondary N) is 2.